The van der Waals surface area contributed by atoms with Crippen LogP contribution in [0.3, 0.4) is 0 Å². The number of hydrogen-bond donors (Lipinski definition) is 1. The van der Waals surface area contributed by atoms with Gasteiger partial charge in [-0.1, -0.05) is 6.42 Å². The third-order valence-electron chi connectivity index (χ3n) is 4.15. The van der Waals surface area contributed by atoms with Crippen LogP contribution in [0.1, 0.15) is 24.8 Å². The van der Waals surface area contributed by atoms with Crippen LogP contribution in [0.5, 0.6) is 17.2 Å². The quantitative estimate of drug-likeness (QED) is 0.632. The highest BCUT2D eigenvalue weighted by Crippen LogP contribution is 2.37. The Hall–Kier alpha value is -2.28. The second-order valence-corrected chi connectivity index (χ2v) is 5.69. The molecule has 1 aromatic carbocycles. The predicted octanol–water partition coefficient (Wildman–Crippen LogP) is 1.65. The normalized spacial score (nSPS) is 18.4. The summed E-state index contributed by atoms with van der Waals surface area (Å²) in [5, 5.41) is 4.05. The van der Waals surface area contributed by atoms with Crippen molar-refractivity contribution in [2.24, 2.45) is 5.10 Å². The fraction of sp³-hybridized carbons (Fsp3) is 0.529. The molecule has 0 aliphatic carbocycles. The molecule has 1 aliphatic heterocycles. The molecule has 1 heterocycles. The third kappa shape index (κ3) is 4.17. The number of carbonyl (C=O) groups is 1. The number of amides is 1. The van der Waals surface area contributed by atoms with E-state index >= 15 is 0 Å². The van der Waals surface area contributed by atoms with E-state index in [2.05, 4.69) is 15.4 Å². The van der Waals surface area contributed by atoms with Gasteiger partial charge in [-0.3, -0.25) is 9.69 Å². The van der Waals surface area contributed by atoms with E-state index in [1.165, 1.54) is 0 Å². The molecule has 1 unspecified atom stereocenters. The van der Waals surface area contributed by atoms with E-state index in [0.29, 0.717) is 17.2 Å². The maximum absolute atomic E-state index is 12.2. The summed E-state index contributed by atoms with van der Waals surface area (Å²) in [5.41, 5.74) is 3.35. The minimum Gasteiger partial charge on any atom is -0.493 e. The number of rotatable bonds is 6. The van der Waals surface area contributed by atoms with Gasteiger partial charge in [0.05, 0.1) is 33.6 Å². The number of carbonyl (C=O) groups excluding carboxylic acids is 1. The maximum Gasteiger partial charge on any atom is 0.257 e. The largest absolute Gasteiger partial charge is 0.493 e. The molecule has 1 N–H and O–H groups in total. The van der Waals surface area contributed by atoms with Crippen LogP contribution in [0.2, 0.25) is 0 Å². The Morgan fingerprint density at radius 2 is 1.88 bits per heavy atom. The smallest absolute Gasteiger partial charge is 0.257 e. The maximum atomic E-state index is 12.2. The number of methoxy groups -OCH3 is 3. The van der Waals surface area contributed by atoms with E-state index < -0.39 is 0 Å². The second kappa shape index (κ2) is 8.54. The topological polar surface area (TPSA) is 72.4 Å². The Bertz CT molecular complexity index is 578. The van der Waals surface area contributed by atoms with E-state index in [0.717, 1.165) is 31.4 Å². The van der Waals surface area contributed by atoms with Gasteiger partial charge in [-0.05, 0) is 38.6 Å². The number of hydrogen-bond acceptors (Lipinski definition) is 6. The van der Waals surface area contributed by atoms with Crippen LogP contribution >= 0.6 is 0 Å². The van der Waals surface area contributed by atoms with Crippen LogP contribution in [-0.4, -0.2) is 58.0 Å². The van der Waals surface area contributed by atoms with Gasteiger partial charge in [-0.15, -0.1) is 0 Å². The van der Waals surface area contributed by atoms with Crippen molar-refractivity contribution in [1.29, 1.82) is 0 Å². The lowest BCUT2D eigenvalue weighted by Gasteiger charge is -2.30. The molecule has 0 radical (unpaired) electrons. The van der Waals surface area contributed by atoms with Gasteiger partial charge < -0.3 is 14.2 Å². The molecule has 132 valence electrons. The monoisotopic (exact) mass is 335 g/mol. The molecule has 1 amide bonds. The van der Waals surface area contributed by atoms with Crippen LogP contribution in [0.4, 0.5) is 0 Å². The van der Waals surface area contributed by atoms with Crippen molar-refractivity contribution in [3.8, 4) is 17.2 Å². The van der Waals surface area contributed by atoms with Crippen molar-refractivity contribution < 1.29 is 19.0 Å². The molecule has 7 heteroatoms. The summed E-state index contributed by atoms with van der Waals surface area (Å²) in [7, 11) is 6.62. The summed E-state index contributed by atoms with van der Waals surface area (Å²) in [4.78, 5) is 14.3. The third-order valence-corrected chi connectivity index (χ3v) is 4.15. The summed E-state index contributed by atoms with van der Waals surface area (Å²) in [6, 6.07) is 3.42. The summed E-state index contributed by atoms with van der Waals surface area (Å²) in [6.07, 6.45) is 4.63. The van der Waals surface area contributed by atoms with Crippen molar-refractivity contribution in [2.45, 2.75) is 25.3 Å². The Morgan fingerprint density at radius 1 is 1.21 bits per heavy atom. The lowest BCUT2D eigenvalue weighted by Crippen LogP contribution is -2.46. The standard InChI is InChI=1S/C17H25N3O4/c1-20-8-6-5-7-13(20)17(21)19-18-11-12-9-14(22-2)16(24-4)15(10-12)23-3/h9-11,13H,5-8H2,1-4H3,(H,19,21). The lowest BCUT2D eigenvalue weighted by atomic mass is 10.0. The van der Waals surface area contributed by atoms with Crippen LogP contribution in [-0.2, 0) is 4.79 Å². The molecule has 1 atom stereocenters. The van der Waals surface area contributed by atoms with E-state index in [-0.39, 0.29) is 11.9 Å². The molecule has 2 rings (SSSR count). The molecule has 0 aromatic heterocycles. The summed E-state index contributed by atoms with van der Waals surface area (Å²) in [6.45, 7) is 0.939. The SMILES string of the molecule is COc1cc(C=NNC(=O)C2CCCCN2C)cc(OC)c1OC. The minimum atomic E-state index is -0.115. The van der Waals surface area contributed by atoms with Crippen molar-refractivity contribution in [2.75, 3.05) is 34.9 Å². The van der Waals surface area contributed by atoms with Gasteiger partial charge in [0.2, 0.25) is 5.75 Å². The minimum absolute atomic E-state index is 0.0825. The van der Waals surface area contributed by atoms with Crippen molar-refractivity contribution in [1.82, 2.24) is 10.3 Å². The lowest BCUT2D eigenvalue weighted by molar-refractivity contribution is -0.126. The number of benzene rings is 1. The number of likely N-dealkylation sites (tertiary alicyclic amines) is 1. The van der Waals surface area contributed by atoms with E-state index in [9.17, 15) is 4.79 Å². The van der Waals surface area contributed by atoms with Gasteiger partial charge in [0.1, 0.15) is 0 Å². The van der Waals surface area contributed by atoms with E-state index in [1.54, 1.807) is 39.7 Å². The molecule has 7 nitrogen and oxygen atoms in total. The summed E-state index contributed by atoms with van der Waals surface area (Å²) < 4.78 is 15.9. The summed E-state index contributed by atoms with van der Waals surface area (Å²) in [5.74, 6) is 1.51. The van der Waals surface area contributed by atoms with Crippen molar-refractivity contribution >= 4 is 12.1 Å². The first-order valence-electron chi connectivity index (χ1n) is 7.93. The molecule has 0 saturated carbocycles. The zero-order valence-electron chi connectivity index (χ0n) is 14.7. The highest BCUT2D eigenvalue weighted by atomic mass is 16.5. The Kier molecular flexibility index (Phi) is 6.43. The first kappa shape index (κ1) is 18.1. The average Bonchev–Trinajstić information content (AvgIpc) is 2.60. The van der Waals surface area contributed by atoms with Crippen molar-refractivity contribution in [3.05, 3.63) is 17.7 Å². The fourth-order valence-corrected chi connectivity index (χ4v) is 2.83. The van der Waals surface area contributed by atoms with Crippen LogP contribution in [0.15, 0.2) is 17.2 Å². The van der Waals surface area contributed by atoms with Gasteiger partial charge in [-0.25, -0.2) is 5.43 Å². The average molecular weight is 335 g/mol. The molecule has 1 saturated heterocycles. The Balaban J connectivity index is 2.07. The van der Waals surface area contributed by atoms with E-state index in [4.69, 9.17) is 14.2 Å². The first-order valence-corrected chi connectivity index (χ1v) is 7.93. The van der Waals surface area contributed by atoms with Crippen molar-refractivity contribution in [3.63, 3.8) is 0 Å². The van der Waals surface area contributed by atoms with Crippen LogP contribution in [0.25, 0.3) is 0 Å². The molecule has 1 fully saturated rings. The van der Waals surface area contributed by atoms with E-state index in [1.807, 2.05) is 7.05 Å². The molecule has 0 bridgehead atoms. The highest BCUT2D eigenvalue weighted by molar-refractivity contribution is 5.86. The first-order chi connectivity index (χ1) is 11.6. The van der Waals surface area contributed by atoms with Gasteiger partial charge >= 0.3 is 0 Å². The second-order valence-electron chi connectivity index (χ2n) is 5.69. The Labute approximate surface area is 142 Å². The number of nitrogens with one attached hydrogen (secondary N) is 1. The number of piperidine rings is 1. The Morgan fingerprint density at radius 3 is 2.42 bits per heavy atom. The predicted molar refractivity (Wildman–Crippen MR) is 92.1 cm³/mol. The molecule has 1 aliphatic rings. The molecule has 1 aromatic rings. The summed E-state index contributed by atoms with van der Waals surface area (Å²) >= 11 is 0. The molecule has 0 spiro atoms. The van der Waals surface area contributed by atoms with Gasteiger partial charge in [-0.2, -0.15) is 5.10 Å². The van der Waals surface area contributed by atoms with Crippen LogP contribution < -0.4 is 19.6 Å². The number of hydrazone groups is 1. The molecule has 24 heavy (non-hydrogen) atoms. The zero-order chi connectivity index (χ0) is 17.5. The van der Waals surface area contributed by atoms with Crippen LogP contribution in [0, 0.1) is 0 Å². The molecular weight excluding hydrogens is 310 g/mol. The number of nitrogens with zero attached hydrogens (tertiary/aromatic N) is 2. The molecular formula is C17H25N3O4. The highest BCUT2D eigenvalue weighted by Gasteiger charge is 2.25. The number of ether oxygens (including phenoxy) is 3. The van der Waals surface area contributed by atoms with Gasteiger partial charge in [0.15, 0.2) is 11.5 Å². The number of likely N-dealkylation sites (N-methyl/N-ethyl adjacent to an activating group) is 1. The van der Waals surface area contributed by atoms with Gasteiger partial charge in [0, 0.05) is 5.56 Å². The zero-order valence-corrected chi connectivity index (χ0v) is 14.7. The fourth-order valence-electron chi connectivity index (χ4n) is 2.83. The van der Waals surface area contributed by atoms with Gasteiger partial charge in [0.25, 0.3) is 5.91 Å².